The summed E-state index contributed by atoms with van der Waals surface area (Å²) in [4.78, 5) is 23.8. The van der Waals surface area contributed by atoms with Gasteiger partial charge in [0.15, 0.2) is 0 Å². The number of aromatic nitrogens is 2. The van der Waals surface area contributed by atoms with Crippen LogP contribution in [-0.4, -0.2) is 33.3 Å². The summed E-state index contributed by atoms with van der Waals surface area (Å²) in [5.41, 5.74) is 3.84. The Bertz CT molecular complexity index is 781. The second kappa shape index (κ2) is 9.35. The molecule has 1 heterocycles. The quantitative estimate of drug-likeness (QED) is 0.709. The van der Waals surface area contributed by atoms with Crippen molar-refractivity contribution < 1.29 is 14.7 Å². The zero-order valence-corrected chi connectivity index (χ0v) is 16.5. The van der Waals surface area contributed by atoms with E-state index in [2.05, 4.69) is 24.3 Å². The van der Waals surface area contributed by atoms with E-state index in [4.69, 9.17) is 0 Å². The lowest BCUT2D eigenvalue weighted by atomic mass is 9.99. The van der Waals surface area contributed by atoms with Crippen molar-refractivity contribution in [2.45, 2.75) is 53.0 Å². The van der Waals surface area contributed by atoms with Crippen LogP contribution in [0.2, 0.25) is 0 Å². The third-order valence-electron chi connectivity index (χ3n) is 4.67. The van der Waals surface area contributed by atoms with Gasteiger partial charge in [-0.1, -0.05) is 44.2 Å². The third kappa shape index (κ3) is 5.67. The average molecular weight is 371 g/mol. The number of hydrogen-bond donors (Lipinski definition) is 2. The van der Waals surface area contributed by atoms with E-state index in [0.717, 1.165) is 23.5 Å². The first-order chi connectivity index (χ1) is 12.8. The molecule has 146 valence electrons. The van der Waals surface area contributed by atoms with Gasteiger partial charge < -0.3 is 10.4 Å². The van der Waals surface area contributed by atoms with Crippen molar-refractivity contribution in [3.05, 3.63) is 52.8 Å². The molecule has 1 amide bonds. The van der Waals surface area contributed by atoms with Crippen LogP contribution in [0.5, 0.6) is 0 Å². The number of carbonyl (C=O) groups is 2. The standard InChI is InChI=1S/C21H29N3O3/c1-14(2)13-24-16(4)18(15(3)23-24)10-11-20(25)22-12-19(21(26)27)17-8-6-5-7-9-17/h5-9,14,19H,10-13H2,1-4H3,(H,22,25)(H,26,27)/t19-/m1/s1. The molecule has 0 unspecified atom stereocenters. The first kappa shape index (κ1) is 20.7. The highest BCUT2D eigenvalue weighted by molar-refractivity contribution is 5.80. The number of carbonyl (C=O) groups excluding carboxylic acids is 1. The number of carboxylic acids is 1. The van der Waals surface area contributed by atoms with Gasteiger partial charge in [-0.25, -0.2) is 0 Å². The van der Waals surface area contributed by atoms with E-state index in [9.17, 15) is 14.7 Å². The van der Waals surface area contributed by atoms with Gasteiger partial charge in [0.2, 0.25) is 5.91 Å². The Labute approximate surface area is 160 Å². The molecule has 1 atom stereocenters. The molecule has 0 fully saturated rings. The van der Waals surface area contributed by atoms with E-state index >= 15 is 0 Å². The molecule has 2 rings (SSSR count). The minimum Gasteiger partial charge on any atom is -0.481 e. The second-order valence-corrected chi connectivity index (χ2v) is 7.33. The molecule has 0 bridgehead atoms. The summed E-state index contributed by atoms with van der Waals surface area (Å²) in [6, 6.07) is 8.97. The summed E-state index contributed by atoms with van der Waals surface area (Å²) in [5, 5.41) is 16.8. The van der Waals surface area contributed by atoms with E-state index in [1.165, 1.54) is 0 Å². The van der Waals surface area contributed by atoms with Gasteiger partial charge in [0.05, 0.1) is 11.6 Å². The molecular weight excluding hydrogens is 342 g/mol. The number of nitrogens with one attached hydrogen (secondary N) is 1. The molecule has 6 heteroatoms. The van der Waals surface area contributed by atoms with E-state index in [1.54, 1.807) is 24.3 Å². The molecule has 1 aromatic carbocycles. The first-order valence-electron chi connectivity index (χ1n) is 9.37. The number of amides is 1. The van der Waals surface area contributed by atoms with E-state index in [1.807, 2.05) is 24.6 Å². The molecule has 0 spiro atoms. The summed E-state index contributed by atoms with van der Waals surface area (Å²) >= 11 is 0. The Morgan fingerprint density at radius 2 is 1.85 bits per heavy atom. The monoisotopic (exact) mass is 371 g/mol. The lowest BCUT2D eigenvalue weighted by Gasteiger charge is -2.14. The molecule has 0 saturated carbocycles. The van der Waals surface area contributed by atoms with E-state index < -0.39 is 11.9 Å². The normalized spacial score (nSPS) is 12.2. The summed E-state index contributed by atoms with van der Waals surface area (Å²) in [6.45, 7) is 9.24. The van der Waals surface area contributed by atoms with E-state index in [0.29, 0.717) is 24.3 Å². The first-order valence-corrected chi connectivity index (χ1v) is 9.37. The molecular formula is C21H29N3O3. The summed E-state index contributed by atoms with van der Waals surface area (Å²) in [7, 11) is 0. The second-order valence-electron chi connectivity index (χ2n) is 7.33. The van der Waals surface area contributed by atoms with Crippen LogP contribution in [0.4, 0.5) is 0 Å². The van der Waals surface area contributed by atoms with Crippen molar-refractivity contribution in [1.82, 2.24) is 15.1 Å². The highest BCUT2D eigenvalue weighted by atomic mass is 16.4. The SMILES string of the molecule is Cc1nn(CC(C)C)c(C)c1CCC(=O)NC[C@@H](C(=O)O)c1ccccc1. The van der Waals surface area contributed by atoms with Crippen LogP contribution in [0.15, 0.2) is 30.3 Å². The predicted octanol–water partition coefficient (Wildman–Crippen LogP) is 3.07. The Hall–Kier alpha value is -2.63. The Morgan fingerprint density at radius 3 is 2.44 bits per heavy atom. The maximum atomic E-state index is 12.3. The molecule has 0 saturated heterocycles. The summed E-state index contributed by atoms with van der Waals surface area (Å²) in [5.74, 6) is -1.33. The molecule has 0 aliphatic heterocycles. The number of hydrogen-bond acceptors (Lipinski definition) is 3. The third-order valence-corrected chi connectivity index (χ3v) is 4.67. The number of rotatable bonds is 9. The van der Waals surface area contributed by atoms with Crippen LogP contribution in [-0.2, 0) is 22.6 Å². The largest absolute Gasteiger partial charge is 0.481 e. The molecule has 2 aromatic rings. The molecule has 0 radical (unpaired) electrons. The van der Waals surface area contributed by atoms with Crippen molar-refractivity contribution >= 4 is 11.9 Å². The van der Waals surface area contributed by atoms with Gasteiger partial charge in [-0.15, -0.1) is 0 Å². The Balaban J connectivity index is 1.93. The maximum absolute atomic E-state index is 12.3. The van der Waals surface area contributed by atoms with Crippen molar-refractivity contribution in [2.75, 3.05) is 6.54 Å². The lowest BCUT2D eigenvalue weighted by molar-refractivity contribution is -0.138. The smallest absolute Gasteiger partial charge is 0.312 e. The fourth-order valence-electron chi connectivity index (χ4n) is 3.20. The average Bonchev–Trinajstić information content (AvgIpc) is 2.86. The minimum atomic E-state index is -0.942. The van der Waals surface area contributed by atoms with Gasteiger partial charge in [0.25, 0.3) is 0 Å². The van der Waals surface area contributed by atoms with Crippen molar-refractivity contribution in [2.24, 2.45) is 5.92 Å². The van der Waals surface area contributed by atoms with Gasteiger partial charge in [-0.05, 0) is 37.3 Å². The fourth-order valence-corrected chi connectivity index (χ4v) is 3.20. The van der Waals surface area contributed by atoms with Crippen LogP contribution in [0.25, 0.3) is 0 Å². The number of nitrogens with zero attached hydrogens (tertiary/aromatic N) is 2. The summed E-state index contributed by atoms with van der Waals surface area (Å²) < 4.78 is 2.00. The molecule has 0 aliphatic rings. The van der Waals surface area contributed by atoms with Gasteiger partial charge in [0.1, 0.15) is 0 Å². The van der Waals surface area contributed by atoms with Crippen molar-refractivity contribution in [3.63, 3.8) is 0 Å². The van der Waals surface area contributed by atoms with Crippen LogP contribution in [0.3, 0.4) is 0 Å². The van der Waals surface area contributed by atoms with E-state index in [-0.39, 0.29) is 12.5 Å². The molecule has 27 heavy (non-hydrogen) atoms. The van der Waals surface area contributed by atoms with Gasteiger partial charge in [0, 0.05) is 25.2 Å². The molecule has 1 aromatic heterocycles. The van der Waals surface area contributed by atoms with Gasteiger partial charge in [-0.2, -0.15) is 5.10 Å². The zero-order chi connectivity index (χ0) is 20.0. The Kier molecular flexibility index (Phi) is 7.16. The van der Waals surface area contributed by atoms with Crippen LogP contribution >= 0.6 is 0 Å². The van der Waals surface area contributed by atoms with Crippen molar-refractivity contribution in [3.8, 4) is 0 Å². The molecule has 0 aliphatic carbocycles. The van der Waals surface area contributed by atoms with Crippen LogP contribution in [0.1, 0.15) is 48.7 Å². The Morgan fingerprint density at radius 1 is 1.19 bits per heavy atom. The van der Waals surface area contributed by atoms with Crippen LogP contribution < -0.4 is 5.32 Å². The highest BCUT2D eigenvalue weighted by Crippen LogP contribution is 2.17. The minimum absolute atomic E-state index is 0.0861. The van der Waals surface area contributed by atoms with Crippen molar-refractivity contribution in [1.29, 1.82) is 0 Å². The predicted molar refractivity (Wildman–Crippen MR) is 105 cm³/mol. The maximum Gasteiger partial charge on any atom is 0.312 e. The number of benzene rings is 1. The van der Waals surface area contributed by atoms with Gasteiger partial charge >= 0.3 is 5.97 Å². The van der Waals surface area contributed by atoms with Gasteiger partial charge in [-0.3, -0.25) is 14.3 Å². The number of aliphatic carboxylic acids is 1. The number of aryl methyl sites for hydroxylation is 1. The summed E-state index contributed by atoms with van der Waals surface area (Å²) in [6.07, 6.45) is 0.918. The van der Waals surface area contributed by atoms with Crippen LogP contribution in [0, 0.1) is 19.8 Å². The topological polar surface area (TPSA) is 84.2 Å². The highest BCUT2D eigenvalue weighted by Gasteiger charge is 2.20. The molecule has 6 nitrogen and oxygen atoms in total. The molecule has 2 N–H and O–H groups in total. The number of carboxylic acid groups (broad SMARTS) is 1. The fraction of sp³-hybridized carbons (Fsp3) is 0.476. The zero-order valence-electron chi connectivity index (χ0n) is 16.5. The lowest BCUT2D eigenvalue weighted by Crippen LogP contribution is -2.31.